The molecule has 0 heterocycles. The molecule has 1 unspecified atom stereocenters. The Morgan fingerprint density at radius 3 is 2.56 bits per heavy atom. The Hall–Kier alpha value is -1.34. The van der Waals surface area contributed by atoms with Crippen molar-refractivity contribution < 1.29 is 23.8 Å². The van der Waals surface area contributed by atoms with Crippen LogP contribution in [0.25, 0.3) is 0 Å². The average molecular weight is 481 g/mol. The van der Waals surface area contributed by atoms with Crippen molar-refractivity contribution in [2.24, 2.45) is 28.1 Å². The SMILES string of the molecule is C=CCOC(=O)[C@@]1(C)C[C@H]2CC[C@@H]3[C@](C)(C(=O)OC)CCC[C@@]3(C)C2=CC1OC(=S)SC. The van der Waals surface area contributed by atoms with Crippen molar-refractivity contribution in [1.29, 1.82) is 0 Å². The lowest BCUT2D eigenvalue weighted by Crippen LogP contribution is -2.55. The van der Waals surface area contributed by atoms with E-state index in [1.165, 1.54) is 24.4 Å². The third kappa shape index (κ3) is 4.15. The molecule has 2 saturated carbocycles. The van der Waals surface area contributed by atoms with Crippen LogP contribution in [0.2, 0.25) is 0 Å². The zero-order chi connectivity index (χ0) is 23.7. The molecule has 3 aliphatic carbocycles. The van der Waals surface area contributed by atoms with Crippen molar-refractivity contribution in [2.45, 2.75) is 65.4 Å². The highest BCUT2D eigenvalue weighted by Gasteiger charge is 2.60. The van der Waals surface area contributed by atoms with Gasteiger partial charge in [-0.15, -0.1) is 0 Å². The zero-order valence-electron chi connectivity index (χ0n) is 19.9. The second-order valence-corrected chi connectivity index (χ2v) is 11.5. The van der Waals surface area contributed by atoms with Crippen LogP contribution in [0, 0.1) is 28.1 Å². The standard InChI is InChI=1S/C25H36O5S2/c1-7-13-29-21(27)25(4)15-16-9-10-18-23(2,11-8-12-24(18,3)20(26)28-5)17(16)14-19(25)30-22(31)32-6/h7,14,16,18-19H,1,8-13,15H2,2-6H3/t16-,18+,19?,23+,24-,25+/m1/s1. The fraction of sp³-hybridized carbons (Fsp3) is 0.720. The Morgan fingerprint density at radius 1 is 1.22 bits per heavy atom. The molecule has 0 radical (unpaired) electrons. The van der Waals surface area contributed by atoms with E-state index in [0.717, 1.165) is 32.1 Å². The van der Waals surface area contributed by atoms with Crippen molar-refractivity contribution in [3.05, 3.63) is 24.3 Å². The first-order valence-corrected chi connectivity index (χ1v) is 13.0. The van der Waals surface area contributed by atoms with E-state index in [4.69, 9.17) is 26.4 Å². The monoisotopic (exact) mass is 480 g/mol. The lowest BCUT2D eigenvalue weighted by atomic mass is 9.46. The molecule has 0 aromatic heterocycles. The quantitative estimate of drug-likeness (QED) is 0.293. The van der Waals surface area contributed by atoms with E-state index in [1.807, 2.05) is 13.2 Å². The van der Waals surface area contributed by atoms with Gasteiger partial charge in [0.25, 0.3) is 0 Å². The van der Waals surface area contributed by atoms with Crippen LogP contribution in [-0.4, -0.2) is 42.4 Å². The fourth-order valence-electron chi connectivity index (χ4n) is 6.65. The molecule has 2 fully saturated rings. The lowest BCUT2D eigenvalue weighted by molar-refractivity contribution is -0.166. The molecule has 0 aromatic rings. The molecule has 0 amide bonds. The first-order valence-electron chi connectivity index (χ1n) is 11.4. The highest BCUT2D eigenvalue weighted by molar-refractivity contribution is 8.22. The van der Waals surface area contributed by atoms with Crippen molar-refractivity contribution in [3.8, 4) is 0 Å². The number of hydrogen-bond donors (Lipinski definition) is 0. The molecule has 3 aliphatic rings. The third-order valence-electron chi connectivity index (χ3n) is 8.30. The van der Waals surface area contributed by atoms with Gasteiger partial charge in [-0.25, -0.2) is 0 Å². The largest absolute Gasteiger partial charge is 0.470 e. The molecule has 0 spiro atoms. The van der Waals surface area contributed by atoms with Crippen molar-refractivity contribution in [3.63, 3.8) is 0 Å². The molecular weight excluding hydrogens is 444 g/mol. The van der Waals surface area contributed by atoms with Gasteiger partial charge >= 0.3 is 11.9 Å². The van der Waals surface area contributed by atoms with Gasteiger partial charge in [-0.2, -0.15) is 0 Å². The Morgan fingerprint density at radius 2 is 1.94 bits per heavy atom. The van der Waals surface area contributed by atoms with Crippen LogP contribution in [0.5, 0.6) is 0 Å². The molecular formula is C25H36O5S2. The maximum absolute atomic E-state index is 13.1. The fourth-order valence-corrected chi connectivity index (χ4v) is 6.96. The number of thiocarbonyl (C=S) groups is 1. The maximum atomic E-state index is 13.1. The van der Waals surface area contributed by atoms with Gasteiger partial charge in [-0.1, -0.05) is 43.3 Å². The maximum Gasteiger partial charge on any atom is 0.316 e. The molecule has 6 atom stereocenters. The van der Waals surface area contributed by atoms with Crippen LogP contribution in [0.15, 0.2) is 24.3 Å². The summed E-state index contributed by atoms with van der Waals surface area (Å²) in [6.45, 7) is 10.1. The van der Waals surface area contributed by atoms with Crippen LogP contribution >= 0.6 is 24.0 Å². The Labute approximate surface area is 201 Å². The number of fused-ring (bicyclic) bond motifs is 3. The summed E-state index contributed by atoms with van der Waals surface area (Å²) in [7, 11) is 1.48. The lowest BCUT2D eigenvalue weighted by Gasteiger charge is -2.58. The molecule has 3 rings (SSSR count). The van der Waals surface area contributed by atoms with E-state index in [2.05, 4.69) is 26.5 Å². The number of carbonyl (C=O) groups excluding carboxylic acids is 2. The van der Waals surface area contributed by atoms with E-state index in [1.54, 1.807) is 6.08 Å². The first-order chi connectivity index (χ1) is 15.1. The third-order valence-corrected chi connectivity index (χ3v) is 9.33. The van der Waals surface area contributed by atoms with Crippen LogP contribution in [0.3, 0.4) is 0 Å². The number of ether oxygens (including phenoxy) is 3. The van der Waals surface area contributed by atoms with Crippen LogP contribution in [0.1, 0.15) is 59.3 Å². The minimum absolute atomic E-state index is 0.113. The van der Waals surface area contributed by atoms with Gasteiger partial charge in [0.1, 0.15) is 18.1 Å². The smallest absolute Gasteiger partial charge is 0.316 e. The second kappa shape index (κ2) is 9.49. The molecule has 32 heavy (non-hydrogen) atoms. The predicted octanol–water partition coefficient (Wildman–Crippen LogP) is 5.48. The van der Waals surface area contributed by atoms with Gasteiger partial charge < -0.3 is 14.2 Å². The van der Waals surface area contributed by atoms with Crippen molar-refractivity contribution in [1.82, 2.24) is 0 Å². The average Bonchev–Trinajstić information content (AvgIpc) is 2.77. The number of allylic oxidation sites excluding steroid dienone is 1. The number of hydrogen-bond acceptors (Lipinski definition) is 7. The second-order valence-electron chi connectivity index (χ2n) is 10.1. The summed E-state index contributed by atoms with van der Waals surface area (Å²) in [5.74, 6) is 0.0542. The Kier molecular flexibility index (Phi) is 7.50. The van der Waals surface area contributed by atoms with E-state index < -0.39 is 16.9 Å². The molecule has 5 nitrogen and oxygen atoms in total. The van der Waals surface area contributed by atoms with E-state index in [-0.39, 0.29) is 35.8 Å². The predicted molar refractivity (Wildman–Crippen MR) is 131 cm³/mol. The first kappa shape index (κ1) is 25.3. The van der Waals surface area contributed by atoms with Crippen LogP contribution in [0.4, 0.5) is 0 Å². The summed E-state index contributed by atoms with van der Waals surface area (Å²) in [5.41, 5.74) is -0.159. The van der Waals surface area contributed by atoms with Crippen LogP contribution < -0.4 is 0 Å². The number of carbonyl (C=O) groups is 2. The Balaban J connectivity index is 2.04. The molecule has 0 saturated heterocycles. The molecule has 0 N–H and O–H groups in total. The number of esters is 2. The van der Waals surface area contributed by atoms with Crippen molar-refractivity contribution in [2.75, 3.05) is 20.0 Å². The van der Waals surface area contributed by atoms with E-state index in [9.17, 15) is 9.59 Å². The minimum Gasteiger partial charge on any atom is -0.470 e. The summed E-state index contributed by atoms with van der Waals surface area (Å²) < 4.78 is 17.3. The molecule has 0 aliphatic heterocycles. The summed E-state index contributed by atoms with van der Waals surface area (Å²) in [6, 6.07) is 0. The van der Waals surface area contributed by atoms with Gasteiger partial charge in [0, 0.05) is 0 Å². The zero-order valence-corrected chi connectivity index (χ0v) is 21.5. The summed E-state index contributed by atoms with van der Waals surface area (Å²) >= 11 is 6.73. The molecule has 7 heteroatoms. The number of rotatable bonds is 5. The van der Waals surface area contributed by atoms with Gasteiger partial charge in [-0.3, -0.25) is 9.59 Å². The van der Waals surface area contributed by atoms with E-state index in [0.29, 0.717) is 10.8 Å². The van der Waals surface area contributed by atoms with Gasteiger partial charge in [0.2, 0.25) is 4.38 Å². The van der Waals surface area contributed by atoms with E-state index >= 15 is 0 Å². The minimum atomic E-state index is -0.833. The summed E-state index contributed by atoms with van der Waals surface area (Å²) in [4.78, 5) is 26.0. The highest BCUT2D eigenvalue weighted by Crippen LogP contribution is 2.64. The summed E-state index contributed by atoms with van der Waals surface area (Å²) in [5, 5.41) is 0. The molecule has 178 valence electrons. The van der Waals surface area contributed by atoms with Crippen molar-refractivity contribution >= 4 is 40.3 Å². The van der Waals surface area contributed by atoms with Gasteiger partial charge in [-0.05, 0) is 87.8 Å². The molecule has 0 bridgehead atoms. The normalized spacial score (nSPS) is 38.4. The Bertz CT molecular complexity index is 823. The van der Waals surface area contributed by atoms with Gasteiger partial charge in [0.15, 0.2) is 0 Å². The van der Waals surface area contributed by atoms with Crippen LogP contribution in [-0.2, 0) is 23.8 Å². The highest BCUT2D eigenvalue weighted by atomic mass is 32.2. The van der Waals surface area contributed by atoms with Gasteiger partial charge in [0.05, 0.1) is 12.5 Å². The summed E-state index contributed by atoms with van der Waals surface area (Å²) in [6.07, 6.45) is 10.4. The number of thioether (sulfide) groups is 1. The molecule has 0 aromatic carbocycles. The topological polar surface area (TPSA) is 61.8 Å². The number of methoxy groups -OCH3 is 1.